The molecule has 1 saturated carbocycles. The van der Waals surface area contributed by atoms with Crippen LogP contribution in [0.1, 0.15) is 43.9 Å². The SMILES string of the molecule is Cc1nc(CC2CC(COc3cnc(C(F)(F)F)cn3)C2)nc2c1NC(=O)[C@H](C(C)C)N2C. The van der Waals surface area contributed by atoms with Gasteiger partial charge in [0.25, 0.3) is 0 Å². The van der Waals surface area contributed by atoms with Gasteiger partial charge in [-0.2, -0.15) is 13.2 Å². The summed E-state index contributed by atoms with van der Waals surface area (Å²) in [4.78, 5) is 30.8. The van der Waals surface area contributed by atoms with Crippen LogP contribution >= 0.6 is 0 Å². The lowest BCUT2D eigenvalue weighted by Crippen LogP contribution is -2.49. The number of hydrogen-bond acceptors (Lipinski definition) is 7. The lowest BCUT2D eigenvalue weighted by Gasteiger charge is -2.37. The largest absolute Gasteiger partial charge is 0.476 e. The summed E-state index contributed by atoms with van der Waals surface area (Å²) in [7, 11) is 1.89. The number of fused-ring (bicyclic) bond motifs is 1. The van der Waals surface area contributed by atoms with E-state index in [1.54, 1.807) is 0 Å². The fraction of sp³-hybridized carbons (Fsp3) is 0.591. The molecule has 2 aromatic rings. The van der Waals surface area contributed by atoms with Gasteiger partial charge in [-0.3, -0.25) is 4.79 Å². The van der Waals surface area contributed by atoms with Crippen LogP contribution in [-0.2, 0) is 17.4 Å². The number of halogens is 3. The van der Waals surface area contributed by atoms with Crippen LogP contribution in [0.2, 0.25) is 0 Å². The molecule has 0 unspecified atom stereocenters. The van der Waals surface area contributed by atoms with Crippen molar-refractivity contribution < 1.29 is 22.7 Å². The highest BCUT2D eigenvalue weighted by molar-refractivity contribution is 6.03. The minimum absolute atomic E-state index is 0.0426. The van der Waals surface area contributed by atoms with Gasteiger partial charge in [-0.25, -0.2) is 19.9 Å². The van der Waals surface area contributed by atoms with Gasteiger partial charge >= 0.3 is 6.18 Å². The molecule has 4 rings (SSSR count). The monoisotopic (exact) mass is 464 g/mol. The first-order chi connectivity index (χ1) is 15.5. The molecule has 1 atom stereocenters. The Bertz CT molecular complexity index is 1020. The number of anilines is 2. The number of amides is 1. The van der Waals surface area contributed by atoms with Crippen LogP contribution in [0.4, 0.5) is 24.7 Å². The molecule has 0 spiro atoms. The Labute approximate surface area is 190 Å². The summed E-state index contributed by atoms with van der Waals surface area (Å²) in [5, 5.41) is 2.95. The number of alkyl halides is 3. The average Bonchev–Trinajstić information content (AvgIpc) is 2.70. The number of aromatic nitrogens is 4. The van der Waals surface area contributed by atoms with Crippen molar-refractivity contribution in [3.8, 4) is 5.88 Å². The molecule has 8 nitrogen and oxygen atoms in total. The van der Waals surface area contributed by atoms with Crippen molar-refractivity contribution in [1.29, 1.82) is 0 Å². The Hall–Kier alpha value is -2.98. The van der Waals surface area contributed by atoms with Crippen LogP contribution in [0, 0.1) is 24.7 Å². The molecule has 1 aliphatic carbocycles. The molecule has 0 saturated heterocycles. The number of hydrogen-bond donors (Lipinski definition) is 1. The average molecular weight is 464 g/mol. The summed E-state index contributed by atoms with van der Waals surface area (Å²) in [5.74, 6) is 2.38. The van der Waals surface area contributed by atoms with Crippen LogP contribution in [0.25, 0.3) is 0 Å². The molecule has 1 amide bonds. The van der Waals surface area contributed by atoms with Gasteiger partial charge in [0, 0.05) is 13.5 Å². The summed E-state index contributed by atoms with van der Waals surface area (Å²) in [6.07, 6.45) is -0.289. The zero-order chi connectivity index (χ0) is 23.9. The Balaban J connectivity index is 1.32. The predicted octanol–water partition coefficient (Wildman–Crippen LogP) is 3.65. The molecular weight excluding hydrogens is 437 g/mol. The summed E-state index contributed by atoms with van der Waals surface area (Å²) in [5.41, 5.74) is 0.377. The smallest absolute Gasteiger partial charge is 0.434 e. The molecule has 0 radical (unpaired) electrons. The Morgan fingerprint density at radius 2 is 1.91 bits per heavy atom. The third-order valence-electron chi connectivity index (χ3n) is 6.21. The maximum atomic E-state index is 12.6. The van der Waals surface area contributed by atoms with E-state index >= 15 is 0 Å². The molecule has 1 aliphatic heterocycles. The topological polar surface area (TPSA) is 93.1 Å². The fourth-order valence-corrected chi connectivity index (χ4v) is 4.54. The highest BCUT2D eigenvalue weighted by Gasteiger charge is 2.36. The number of ether oxygens (including phenoxy) is 1. The number of carbonyl (C=O) groups is 1. The number of rotatable bonds is 6. The summed E-state index contributed by atoms with van der Waals surface area (Å²) < 4.78 is 43.2. The lowest BCUT2D eigenvalue weighted by molar-refractivity contribution is -0.141. The van der Waals surface area contributed by atoms with E-state index in [1.165, 1.54) is 0 Å². The number of nitrogens with one attached hydrogen (secondary N) is 1. The second kappa shape index (κ2) is 8.75. The predicted molar refractivity (Wildman–Crippen MR) is 115 cm³/mol. The standard InChI is InChI=1S/C22H27F3N6O2/c1-11(2)19-21(32)30-18-12(3)28-16(29-20(18)31(19)4)7-13-5-14(6-13)10-33-17-9-26-15(8-27-17)22(23,24)25/h8-9,11,13-14,19H,5-7,10H2,1-4H3,(H,30,32)/t13?,14?,19-/m0/s1. The van der Waals surface area contributed by atoms with Gasteiger partial charge in [0.15, 0.2) is 11.5 Å². The molecule has 1 fully saturated rings. The van der Waals surface area contributed by atoms with Crippen LogP contribution in [0.3, 0.4) is 0 Å². The first-order valence-corrected chi connectivity index (χ1v) is 11.0. The molecule has 3 heterocycles. The normalized spacial score (nSPS) is 22.6. The third kappa shape index (κ3) is 4.86. The highest BCUT2D eigenvalue weighted by atomic mass is 19.4. The van der Waals surface area contributed by atoms with Gasteiger partial charge in [0.05, 0.1) is 24.7 Å². The molecule has 11 heteroatoms. The van der Waals surface area contributed by atoms with E-state index in [-0.39, 0.29) is 23.7 Å². The molecule has 1 N–H and O–H groups in total. The number of carbonyl (C=O) groups excluding carboxylic acids is 1. The second-order valence-corrected chi connectivity index (χ2v) is 9.17. The maximum absolute atomic E-state index is 12.6. The van der Waals surface area contributed by atoms with Crippen LogP contribution in [0.15, 0.2) is 12.4 Å². The molecule has 178 valence electrons. The first kappa shape index (κ1) is 23.2. The van der Waals surface area contributed by atoms with Crippen molar-refractivity contribution in [2.45, 2.75) is 52.3 Å². The molecular formula is C22H27F3N6O2. The van der Waals surface area contributed by atoms with Crippen molar-refractivity contribution in [3.05, 3.63) is 29.6 Å². The minimum atomic E-state index is -4.51. The van der Waals surface area contributed by atoms with Crippen LogP contribution < -0.4 is 15.0 Å². The third-order valence-corrected chi connectivity index (χ3v) is 6.21. The molecule has 2 aromatic heterocycles. The van der Waals surface area contributed by atoms with Gasteiger partial charge < -0.3 is 15.0 Å². The highest BCUT2D eigenvalue weighted by Crippen LogP contribution is 2.38. The molecule has 0 bridgehead atoms. The Morgan fingerprint density at radius 3 is 2.52 bits per heavy atom. The van der Waals surface area contributed by atoms with Gasteiger partial charge in [0.2, 0.25) is 11.8 Å². The first-order valence-electron chi connectivity index (χ1n) is 11.0. The van der Waals surface area contributed by atoms with E-state index in [9.17, 15) is 18.0 Å². The molecule has 0 aromatic carbocycles. The van der Waals surface area contributed by atoms with E-state index in [2.05, 4.69) is 20.3 Å². The number of nitrogens with zero attached hydrogens (tertiary/aromatic N) is 5. The minimum Gasteiger partial charge on any atom is -0.476 e. The quantitative estimate of drug-likeness (QED) is 0.698. The van der Waals surface area contributed by atoms with Crippen LogP contribution in [-0.4, -0.2) is 45.5 Å². The zero-order valence-electron chi connectivity index (χ0n) is 19.0. The maximum Gasteiger partial charge on any atom is 0.434 e. The fourth-order valence-electron chi connectivity index (χ4n) is 4.54. The Morgan fingerprint density at radius 1 is 1.18 bits per heavy atom. The van der Waals surface area contributed by atoms with Crippen molar-refractivity contribution in [3.63, 3.8) is 0 Å². The molecule has 33 heavy (non-hydrogen) atoms. The van der Waals surface area contributed by atoms with Crippen molar-refractivity contribution in [2.75, 3.05) is 23.9 Å². The Kier molecular flexibility index (Phi) is 6.15. The second-order valence-electron chi connectivity index (χ2n) is 9.17. The molecule has 2 aliphatic rings. The van der Waals surface area contributed by atoms with Gasteiger partial charge in [-0.05, 0) is 37.5 Å². The van der Waals surface area contributed by atoms with E-state index in [4.69, 9.17) is 9.72 Å². The van der Waals surface area contributed by atoms with Gasteiger partial charge in [-0.1, -0.05) is 13.8 Å². The summed E-state index contributed by atoms with van der Waals surface area (Å²) >= 11 is 0. The van der Waals surface area contributed by atoms with Crippen molar-refractivity contribution in [2.24, 2.45) is 17.8 Å². The van der Waals surface area contributed by atoms with E-state index < -0.39 is 11.9 Å². The number of aryl methyl sites for hydroxylation is 1. The van der Waals surface area contributed by atoms with Crippen LogP contribution in [0.5, 0.6) is 5.88 Å². The van der Waals surface area contributed by atoms with Crippen molar-refractivity contribution >= 4 is 17.4 Å². The summed E-state index contributed by atoms with van der Waals surface area (Å²) in [6, 6.07) is -0.279. The van der Waals surface area contributed by atoms with Gasteiger partial charge in [-0.15, -0.1) is 0 Å². The lowest BCUT2D eigenvalue weighted by atomic mass is 9.73. The van der Waals surface area contributed by atoms with E-state index in [0.717, 1.165) is 42.8 Å². The number of likely N-dealkylation sites (N-methyl/N-ethyl adjacent to an activating group) is 1. The van der Waals surface area contributed by atoms with E-state index in [1.807, 2.05) is 32.7 Å². The van der Waals surface area contributed by atoms with Gasteiger partial charge in [0.1, 0.15) is 17.6 Å². The van der Waals surface area contributed by atoms with Crippen molar-refractivity contribution in [1.82, 2.24) is 19.9 Å². The summed E-state index contributed by atoms with van der Waals surface area (Å²) in [6.45, 7) is 6.27. The zero-order valence-corrected chi connectivity index (χ0v) is 19.0. The van der Waals surface area contributed by atoms with E-state index in [0.29, 0.717) is 30.3 Å².